The number of imidazole rings is 1. The first-order valence-electron chi connectivity index (χ1n) is 11.2. The number of carbonyl (C=O) groups is 1. The lowest BCUT2D eigenvalue weighted by molar-refractivity contribution is -0.384. The van der Waals surface area contributed by atoms with Gasteiger partial charge in [-0.2, -0.15) is 0 Å². The molecule has 0 saturated carbocycles. The summed E-state index contributed by atoms with van der Waals surface area (Å²) < 4.78 is 12.6. The molecule has 0 fully saturated rings. The van der Waals surface area contributed by atoms with Crippen LogP contribution in [0.25, 0.3) is 11.0 Å². The summed E-state index contributed by atoms with van der Waals surface area (Å²) in [5.41, 5.74) is 3.23. The number of aromatic nitrogens is 2. The first kappa shape index (κ1) is 24.1. The van der Waals surface area contributed by atoms with E-state index in [1.807, 2.05) is 28.8 Å². The van der Waals surface area contributed by atoms with E-state index in [4.69, 9.17) is 21.1 Å². The van der Waals surface area contributed by atoms with Gasteiger partial charge in [0.25, 0.3) is 11.6 Å². The van der Waals surface area contributed by atoms with Crippen molar-refractivity contribution in [3.05, 3.63) is 92.6 Å². The number of benzene rings is 3. The summed E-state index contributed by atoms with van der Waals surface area (Å²) in [4.78, 5) is 29.7. The Labute approximate surface area is 216 Å². The number of nitro groups is 1. The van der Waals surface area contributed by atoms with E-state index >= 15 is 0 Å². The molecule has 37 heavy (non-hydrogen) atoms. The summed E-state index contributed by atoms with van der Waals surface area (Å²) in [6, 6.07) is 16.2. The van der Waals surface area contributed by atoms with Crippen LogP contribution < -0.4 is 20.1 Å². The van der Waals surface area contributed by atoms with Gasteiger partial charge in [0.05, 0.1) is 52.5 Å². The normalized spacial score (nSPS) is 14.6. The number of hydrogen-bond donors (Lipinski definition) is 2. The molecule has 5 rings (SSSR count). The average molecular weight is 520 g/mol. The molecule has 1 amide bonds. The van der Waals surface area contributed by atoms with Crippen molar-refractivity contribution >= 4 is 45.9 Å². The molecule has 1 aliphatic rings. The van der Waals surface area contributed by atoms with Gasteiger partial charge in [-0.05, 0) is 24.6 Å². The molecular weight excluding hydrogens is 498 g/mol. The first-order valence-corrected chi connectivity index (χ1v) is 11.6. The topological polar surface area (TPSA) is 121 Å². The molecule has 0 aliphatic carbocycles. The van der Waals surface area contributed by atoms with Gasteiger partial charge in [-0.15, -0.1) is 0 Å². The van der Waals surface area contributed by atoms with E-state index in [0.29, 0.717) is 45.0 Å². The lowest BCUT2D eigenvalue weighted by atomic mass is 9.94. The highest BCUT2D eigenvalue weighted by molar-refractivity contribution is 6.32. The number of allylic oxidation sites excluding steroid dienone is 1. The van der Waals surface area contributed by atoms with E-state index in [1.165, 1.54) is 26.4 Å². The predicted molar refractivity (Wildman–Crippen MR) is 140 cm³/mol. The Hall–Kier alpha value is -4.57. The minimum absolute atomic E-state index is 0.0801. The second kappa shape index (κ2) is 9.47. The Balaban J connectivity index is 1.67. The highest BCUT2D eigenvalue weighted by Gasteiger charge is 2.35. The van der Waals surface area contributed by atoms with Crippen LogP contribution in [-0.4, -0.2) is 34.6 Å². The van der Waals surface area contributed by atoms with Crippen molar-refractivity contribution in [3.8, 4) is 11.5 Å². The van der Waals surface area contributed by atoms with Crippen LogP contribution in [0.5, 0.6) is 11.5 Å². The lowest BCUT2D eigenvalue weighted by Gasteiger charge is -2.30. The number of nitrogens with zero attached hydrogens (tertiary/aromatic N) is 3. The molecule has 3 aromatic carbocycles. The molecule has 10 nitrogen and oxygen atoms in total. The largest absolute Gasteiger partial charge is 0.495 e. The van der Waals surface area contributed by atoms with Crippen molar-refractivity contribution in [3.63, 3.8) is 0 Å². The lowest BCUT2D eigenvalue weighted by Crippen LogP contribution is -2.31. The fraction of sp³-hybridized carbons (Fsp3) is 0.154. The smallest absolute Gasteiger partial charge is 0.269 e. The van der Waals surface area contributed by atoms with Crippen molar-refractivity contribution in [1.29, 1.82) is 0 Å². The minimum atomic E-state index is -0.705. The van der Waals surface area contributed by atoms with Crippen LogP contribution in [0.4, 0.5) is 17.3 Å². The van der Waals surface area contributed by atoms with Crippen molar-refractivity contribution in [2.24, 2.45) is 0 Å². The third-order valence-electron chi connectivity index (χ3n) is 6.19. The Bertz CT molecular complexity index is 1600. The summed E-state index contributed by atoms with van der Waals surface area (Å²) >= 11 is 6.23. The molecule has 4 aromatic rings. The molecule has 0 unspecified atom stereocenters. The SMILES string of the molecule is COc1cc(NC(=O)C2=C(C)Nc3nc4ccccc4n3[C@@H]2c2cccc([N+](=O)[O-])c2)c(OC)cc1Cl. The number of nitro benzene ring substituents is 1. The zero-order valence-corrected chi connectivity index (χ0v) is 20.9. The predicted octanol–water partition coefficient (Wildman–Crippen LogP) is 5.54. The molecule has 0 bridgehead atoms. The number of non-ortho nitro benzene ring substituents is 1. The number of carbonyl (C=O) groups excluding carboxylic acids is 1. The highest BCUT2D eigenvalue weighted by Crippen LogP contribution is 2.41. The Morgan fingerprint density at radius 3 is 2.59 bits per heavy atom. The number of methoxy groups -OCH3 is 2. The molecule has 1 atom stereocenters. The average Bonchev–Trinajstić information content (AvgIpc) is 3.26. The summed E-state index contributed by atoms with van der Waals surface area (Å²) in [6.45, 7) is 1.77. The van der Waals surface area contributed by atoms with Crippen LogP contribution in [0, 0.1) is 10.1 Å². The van der Waals surface area contributed by atoms with E-state index in [-0.39, 0.29) is 5.69 Å². The van der Waals surface area contributed by atoms with Crippen LogP contribution in [0.15, 0.2) is 71.9 Å². The van der Waals surface area contributed by atoms with Crippen LogP contribution in [0.1, 0.15) is 18.5 Å². The van der Waals surface area contributed by atoms with Crippen LogP contribution in [-0.2, 0) is 4.79 Å². The Morgan fingerprint density at radius 1 is 1.11 bits per heavy atom. The van der Waals surface area contributed by atoms with Crippen LogP contribution in [0.3, 0.4) is 0 Å². The van der Waals surface area contributed by atoms with Gasteiger partial charge in [0.15, 0.2) is 0 Å². The second-order valence-electron chi connectivity index (χ2n) is 8.35. The van der Waals surface area contributed by atoms with Crippen molar-refractivity contribution < 1.29 is 19.2 Å². The zero-order valence-electron chi connectivity index (χ0n) is 20.1. The molecule has 0 saturated heterocycles. The minimum Gasteiger partial charge on any atom is -0.495 e. The van der Waals surface area contributed by atoms with Crippen molar-refractivity contribution in [1.82, 2.24) is 9.55 Å². The number of fused-ring (bicyclic) bond motifs is 3. The number of anilines is 2. The number of nitrogens with one attached hydrogen (secondary N) is 2. The van der Waals surface area contributed by atoms with Gasteiger partial charge in [0.2, 0.25) is 5.95 Å². The van der Waals surface area contributed by atoms with Crippen molar-refractivity contribution in [2.45, 2.75) is 13.0 Å². The second-order valence-corrected chi connectivity index (χ2v) is 8.76. The summed E-state index contributed by atoms with van der Waals surface area (Å²) in [5, 5.41) is 18.0. The molecule has 0 radical (unpaired) electrons. The molecule has 2 heterocycles. The molecule has 2 N–H and O–H groups in total. The zero-order chi connectivity index (χ0) is 26.3. The maximum atomic E-state index is 13.9. The van der Waals surface area contributed by atoms with Gasteiger partial charge >= 0.3 is 0 Å². The van der Waals surface area contributed by atoms with Crippen molar-refractivity contribution in [2.75, 3.05) is 24.9 Å². The summed E-state index contributed by atoms with van der Waals surface area (Å²) in [7, 11) is 2.94. The van der Waals surface area contributed by atoms with Gasteiger partial charge < -0.3 is 20.1 Å². The number of amides is 1. The highest BCUT2D eigenvalue weighted by atomic mass is 35.5. The van der Waals surface area contributed by atoms with E-state index < -0.39 is 16.9 Å². The molecular formula is C26H22ClN5O5. The number of ether oxygens (including phenoxy) is 2. The van der Waals surface area contributed by atoms with Crippen LogP contribution in [0.2, 0.25) is 5.02 Å². The fourth-order valence-electron chi connectivity index (χ4n) is 4.53. The van der Waals surface area contributed by atoms with Gasteiger partial charge in [0.1, 0.15) is 11.5 Å². The summed E-state index contributed by atoms with van der Waals surface area (Å²) in [5.74, 6) is 0.801. The van der Waals surface area contributed by atoms with Gasteiger partial charge in [-0.25, -0.2) is 4.98 Å². The number of rotatable bonds is 6. The summed E-state index contributed by atoms with van der Waals surface area (Å²) in [6.07, 6.45) is 0. The van der Waals surface area contributed by atoms with Crippen LogP contribution >= 0.6 is 11.6 Å². The van der Waals surface area contributed by atoms with Gasteiger partial charge in [-0.1, -0.05) is 35.9 Å². The number of para-hydroxylation sites is 2. The van der Waals surface area contributed by atoms with E-state index in [9.17, 15) is 14.9 Å². The maximum Gasteiger partial charge on any atom is 0.269 e. The molecule has 11 heteroatoms. The van der Waals surface area contributed by atoms with Gasteiger partial charge in [0, 0.05) is 30.0 Å². The molecule has 0 spiro atoms. The Morgan fingerprint density at radius 2 is 1.86 bits per heavy atom. The monoisotopic (exact) mass is 519 g/mol. The van der Waals surface area contributed by atoms with E-state index in [0.717, 1.165) is 11.0 Å². The number of hydrogen-bond acceptors (Lipinski definition) is 7. The van der Waals surface area contributed by atoms with E-state index in [2.05, 4.69) is 15.6 Å². The van der Waals surface area contributed by atoms with E-state index in [1.54, 1.807) is 31.2 Å². The Kier molecular flexibility index (Phi) is 6.18. The third kappa shape index (κ3) is 4.21. The fourth-order valence-corrected chi connectivity index (χ4v) is 4.76. The van der Waals surface area contributed by atoms with Gasteiger partial charge in [-0.3, -0.25) is 19.5 Å². The third-order valence-corrected chi connectivity index (χ3v) is 6.49. The maximum absolute atomic E-state index is 13.9. The molecule has 1 aliphatic heterocycles. The molecule has 188 valence electrons. The molecule has 1 aromatic heterocycles. The quantitative estimate of drug-likeness (QED) is 0.253. The standard InChI is InChI=1S/C26H22ClN5O5/c1-14-23(25(33)29-19-13-21(36-2)17(27)12-22(19)37-3)24(15-7-6-8-16(11-15)32(34)35)31-20-10-5-4-9-18(20)30-26(31)28-14/h4-13,24H,1-3H3,(H,28,30)(H,29,33)/t24-/m1/s1. The first-order chi connectivity index (χ1) is 17.8. The number of halogens is 1.